The molecule has 0 heterocycles. The molecule has 0 aromatic heterocycles. The minimum absolute atomic E-state index is 0.0634. The zero-order valence-electron chi connectivity index (χ0n) is 26.3. The molecule has 1 aliphatic carbocycles. The van der Waals surface area contributed by atoms with Crippen molar-refractivity contribution in [3.63, 3.8) is 0 Å². The smallest absolute Gasteiger partial charge is 0.405 e. The summed E-state index contributed by atoms with van der Waals surface area (Å²) >= 11 is 6.27. The van der Waals surface area contributed by atoms with Crippen LogP contribution in [0.2, 0.25) is 0 Å². The van der Waals surface area contributed by atoms with Crippen LogP contribution in [0.4, 0.5) is 4.79 Å². The molecule has 0 spiro atoms. The van der Waals surface area contributed by atoms with Crippen molar-refractivity contribution in [1.29, 1.82) is 0 Å². The van der Waals surface area contributed by atoms with E-state index in [1.165, 1.54) is 25.2 Å². The monoisotopic (exact) mass is 667 g/mol. The third-order valence-corrected chi connectivity index (χ3v) is 7.67. The summed E-state index contributed by atoms with van der Waals surface area (Å²) in [6.45, 7) is 5.19. The number of allylic oxidation sites excluding steroid dienone is 9. The molecule has 5 unspecified atom stereocenters. The maximum Gasteiger partial charge on any atom is 0.405 e. The number of rotatable bonds is 18. The number of carboxylic acid groups (broad SMARTS) is 1. The summed E-state index contributed by atoms with van der Waals surface area (Å²) in [5.41, 5.74) is 5.84. The Balaban J connectivity index is 2.61. The van der Waals surface area contributed by atoms with Crippen LogP contribution >= 0.6 is 11.6 Å². The number of ether oxygens (including phenoxy) is 2. The van der Waals surface area contributed by atoms with Gasteiger partial charge in [-0.15, -0.1) is 0 Å². The van der Waals surface area contributed by atoms with Crippen molar-refractivity contribution in [1.82, 2.24) is 0 Å². The molecule has 0 bridgehead atoms. The molecule has 1 aliphatic rings. The lowest BCUT2D eigenvalue weighted by molar-refractivity contribution is -0.159. The van der Waals surface area contributed by atoms with Crippen LogP contribution in [0.3, 0.4) is 0 Å². The second-order valence-corrected chi connectivity index (χ2v) is 11.5. The number of carboxylic acids is 1. The van der Waals surface area contributed by atoms with E-state index in [1.54, 1.807) is 49.5 Å². The van der Waals surface area contributed by atoms with E-state index in [9.17, 15) is 39.6 Å². The van der Waals surface area contributed by atoms with Crippen molar-refractivity contribution in [3.8, 4) is 0 Å². The number of aliphatic carboxylic acids is 1. The molecule has 256 valence electrons. The Morgan fingerprint density at radius 1 is 1.02 bits per heavy atom. The first-order chi connectivity index (χ1) is 21.7. The van der Waals surface area contributed by atoms with E-state index in [2.05, 4.69) is 0 Å². The predicted molar refractivity (Wildman–Crippen MR) is 171 cm³/mol. The quantitative estimate of drug-likeness (QED) is 0.0539. The number of halogens is 1. The summed E-state index contributed by atoms with van der Waals surface area (Å²) in [5, 5.41) is 50.5. The SMILES string of the molecule is CC/C=C/C(CC(O)CC(=O)C(O)C(O)C(C)/C(Cl)=C/C=C/C=C(C)/C=C/C=C/C(=O)O[C@@H]1C[C@@H](C(=O)O)CC[C@@H]1O)OC(N)=O. The first-order valence-corrected chi connectivity index (χ1v) is 15.4. The summed E-state index contributed by atoms with van der Waals surface area (Å²) < 4.78 is 10.1. The minimum atomic E-state index is -1.82. The van der Waals surface area contributed by atoms with Crippen LogP contribution in [0, 0.1) is 11.8 Å². The average molecular weight is 668 g/mol. The fourth-order valence-corrected chi connectivity index (χ4v) is 4.69. The Kier molecular flexibility index (Phi) is 18.7. The molecular formula is C33H46ClNO11. The van der Waals surface area contributed by atoms with Gasteiger partial charge < -0.3 is 40.7 Å². The third-order valence-electron chi connectivity index (χ3n) is 7.20. The van der Waals surface area contributed by atoms with E-state index in [0.717, 1.165) is 5.57 Å². The number of amides is 1. The molecule has 46 heavy (non-hydrogen) atoms. The molecule has 1 fully saturated rings. The molecule has 0 aromatic carbocycles. The number of hydrogen-bond acceptors (Lipinski definition) is 10. The van der Waals surface area contributed by atoms with Gasteiger partial charge in [0.1, 0.15) is 18.3 Å². The highest BCUT2D eigenvalue weighted by atomic mass is 35.5. The molecule has 0 aliphatic heterocycles. The van der Waals surface area contributed by atoms with Crippen LogP contribution in [0.1, 0.15) is 59.3 Å². The highest BCUT2D eigenvalue weighted by Gasteiger charge is 2.35. The first-order valence-electron chi connectivity index (χ1n) is 15.0. The van der Waals surface area contributed by atoms with Crippen molar-refractivity contribution < 1.29 is 54.2 Å². The van der Waals surface area contributed by atoms with Crippen LogP contribution in [-0.4, -0.2) is 86.0 Å². The number of hydrogen-bond donors (Lipinski definition) is 6. The van der Waals surface area contributed by atoms with E-state index in [1.807, 2.05) is 6.92 Å². The lowest BCUT2D eigenvalue weighted by Gasteiger charge is -2.30. The Morgan fingerprint density at radius 3 is 2.30 bits per heavy atom. The molecule has 0 radical (unpaired) electrons. The number of aliphatic hydroxyl groups excluding tert-OH is 4. The molecule has 12 nitrogen and oxygen atoms in total. The van der Waals surface area contributed by atoms with Gasteiger partial charge in [-0.25, -0.2) is 9.59 Å². The van der Waals surface area contributed by atoms with Crippen LogP contribution in [0.25, 0.3) is 0 Å². The Labute approximate surface area is 274 Å². The molecule has 13 heteroatoms. The zero-order chi connectivity index (χ0) is 34.8. The van der Waals surface area contributed by atoms with Crippen molar-refractivity contribution >= 4 is 35.4 Å². The standard InChI is InChI=1S/C33H46ClNO11/c1-4-5-12-24(45-33(35)44)18-23(36)19-27(38)31(41)30(40)21(3)25(34)13-8-6-10-20(2)11-7-9-14-29(39)46-28-17-22(32(42)43)15-16-26(28)37/h5-14,21-24,26,28,30-31,36-37,40-41H,4,15-19H2,1-3H3,(H2,35,44)(H,42,43)/b8-6+,11-7+,12-5+,14-9+,20-10+,25-13-/t21?,22-,23?,24?,26-,28+,30?,31?/m0/s1. The van der Waals surface area contributed by atoms with Gasteiger partial charge in [-0.05, 0) is 38.3 Å². The van der Waals surface area contributed by atoms with E-state index in [-0.39, 0.29) is 24.3 Å². The van der Waals surface area contributed by atoms with Gasteiger partial charge in [0.2, 0.25) is 0 Å². The number of nitrogens with two attached hydrogens (primary N) is 1. The Morgan fingerprint density at radius 2 is 1.67 bits per heavy atom. The maximum atomic E-state index is 12.5. The van der Waals surface area contributed by atoms with Crippen LogP contribution in [-0.2, 0) is 23.9 Å². The van der Waals surface area contributed by atoms with Gasteiger partial charge in [0.05, 0.1) is 24.2 Å². The molecule has 1 amide bonds. The second kappa shape index (κ2) is 21.3. The van der Waals surface area contributed by atoms with Crippen LogP contribution in [0.15, 0.2) is 71.4 Å². The summed E-state index contributed by atoms with van der Waals surface area (Å²) in [5.74, 6) is -3.96. The third kappa shape index (κ3) is 15.6. The largest absolute Gasteiger partial charge is 0.481 e. The topological polar surface area (TPSA) is 214 Å². The summed E-state index contributed by atoms with van der Waals surface area (Å²) in [6.07, 6.45) is 8.08. The first kappa shape index (κ1) is 40.5. The molecule has 7 N–H and O–H groups in total. The highest BCUT2D eigenvalue weighted by molar-refractivity contribution is 6.30. The van der Waals surface area contributed by atoms with Crippen molar-refractivity contribution in [2.75, 3.05) is 0 Å². The second-order valence-electron chi connectivity index (χ2n) is 11.1. The molecule has 1 saturated carbocycles. The summed E-state index contributed by atoms with van der Waals surface area (Å²) in [4.78, 5) is 46.8. The number of Topliss-reactive ketones (excluding diaryl/α,β-unsaturated/α-hetero) is 1. The number of ketones is 1. The van der Waals surface area contributed by atoms with Gasteiger partial charge in [0.25, 0.3) is 0 Å². The van der Waals surface area contributed by atoms with E-state index >= 15 is 0 Å². The van der Waals surface area contributed by atoms with Gasteiger partial charge in [-0.2, -0.15) is 0 Å². The summed E-state index contributed by atoms with van der Waals surface area (Å²) in [6, 6.07) is 0. The van der Waals surface area contributed by atoms with Gasteiger partial charge in [0.15, 0.2) is 5.78 Å². The average Bonchev–Trinajstić information content (AvgIpc) is 2.99. The highest BCUT2D eigenvalue weighted by Crippen LogP contribution is 2.27. The fraction of sp³-hybridized carbons (Fsp3) is 0.515. The number of carbonyl (C=O) groups is 4. The van der Waals surface area contributed by atoms with Crippen molar-refractivity contribution in [3.05, 3.63) is 71.4 Å². The fourth-order valence-electron chi connectivity index (χ4n) is 4.49. The molecule has 8 atom stereocenters. The lowest BCUT2D eigenvalue weighted by atomic mass is 9.85. The number of aliphatic hydroxyl groups is 4. The van der Waals surface area contributed by atoms with Gasteiger partial charge in [-0.1, -0.05) is 73.6 Å². The van der Waals surface area contributed by atoms with Crippen LogP contribution in [0.5, 0.6) is 0 Å². The van der Waals surface area contributed by atoms with Gasteiger partial charge in [0, 0.05) is 36.3 Å². The normalized spacial score (nSPS) is 23.0. The van der Waals surface area contributed by atoms with Crippen molar-refractivity contribution in [2.24, 2.45) is 17.6 Å². The van der Waals surface area contributed by atoms with E-state index in [0.29, 0.717) is 12.8 Å². The lowest BCUT2D eigenvalue weighted by Crippen LogP contribution is -2.40. The van der Waals surface area contributed by atoms with Gasteiger partial charge >= 0.3 is 18.0 Å². The molecule has 0 saturated heterocycles. The number of carbonyl (C=O) groups excluding carboxylic acids is 3. The Bertz CT molecular complexity index is 1210. The van der Waals surface area contributed by atoms with E-state index < -0.39 is 78.7 Å². The van der Waals surface area contributed by atoms with E-state index in [4.69, 9.17) is 31.9 Å². The molecular weight excluding hydrogens is 622 g/mol. The van der Waals surface area contributed by atoms with Crippen molar-refractivity contribution in [2.45, 2.75) is 95.9 Å². The molecule has 1 rings (SSSR count). The Hall–Kier alpha value is -3.55. The number of primary amides is 1. The minimum Gasteiger partial charge on any atom is -0.481 e. The van der Waals surface area contributed by atoms with Crippen LogP contribution < -0.4 is 5.73 Å². The van der Waals surface area contributed by atoms with Gasteiger partial charge in [-0.3, -0.25) is 9.59 Å². The maximum absolute atomic E-state index is 12.5. The predicted octanol–water partition coefficient (Wildman–Crippen LogP) is 3.38. The summed E-state index contributed by atoms with van der Waals surface area (Å²) in [7, 11) is 0. The zero-order valence-corrected chi connectivity index (χ0v) is 27.0. The number of esters is 1. The molecule has 0 aromatic rings.